The number of hydrogen-bond donors (Lipinski definition) is 0. The summed E-state index contributed by atoms with van der Waals surface area (Å²) in [4.78, 5) is 4.38. The van der Waals surface area contributed by atoms with Crippen molar-refractivity contribution in [2.24, 2.45) is 4.99 Å². The van der Waals surface area contributed by atoms with Gasteiger partial charge in [0.15, 0.2) is 0 Å². The van der Waals surface area contributed by atoms with Gasteiger partial charge in [0.1, 0.15) is 5.76 Å². The minimum atomic E-state index is 0.669. The van der Waals surface area contributed by atoms with E-state index in [2.05, 4.69) is 10.1 Å². The van der Waals surface area contributed by atoms with Gasteiger partial charge in [-0.15, -0.1) is 0 Å². The number of halogens is 1. The molecule has 4 heteroatoms. The van der Waals surface area contributed by atoms with Crippen LogP contribution in [0.2, 0.25) is 5.02 Å². The molecule has 0 unspecified atom stereocenters. The molecule has 0 bridgehead atoms. The van der Waals surface area contributed by atoms with Crippen LogP contribution in [-0.2, 0) is 6.42 Å². The quantitative estimate of drug-likeness (QED) is 0.697. The Morgan fingerprint density at radius 3 is 3.12 bits per heavy atom. The fourth-order valence-electron chi connectivity index (χ4n) is 1.95. The molecule has 2 heterocycles. The fraction of sp³-hybridized carbons (Fsp3) is 0.167. The second kappa shape index (κ2) is 3.46. The highest BCUT2D eigenvalue weighted by atomic mass is 35.5. The Kier molecular flexibility index (Phi) is 2.07. The van der Waals surface area contributed by atoms with Crippen LogP contribution in [0.1, 0.15) is 11.5 Å². The van der Waals surface area contributed by atoms with Crippen molar-refractivity contribution in [2.45, 2.75) is 13.3 Å². The predicted octanol–water partition coefficient (Wildman–Crippen LogP) is 3.56. The molecule has 0 amide bonds. The molecule has 16 heavy (non-hydrogen) atoms. The van der Waals surface area contributed by atoms with E-state index in [4.69, 9.17) is 16.1 Å². The van der Waals surface area contributed by atoms with Gasteiger partial charge in [0.25, 0.3) is 0 Å². The SMILES string of the molecule is Cc1noc2c1-c1ccc(Cl)cc1N=CC2. The summed E-state index contributed by atoms with van der Waals surface area (Å²) in [6.07, 6.45) is 2.49. The third-order valence-electron chi connectivity index (χ3n) is 2.67. The van der Waals surface area contributed by atoms with Gasteiger partial charge < -0.3 is 4.52 Å². The van der Waals surface area contributed by atoms with Gasteiger partial charge in [0.2, 0.25) is 0 Å². The monoisotopic (exact) mass is 232 g/mol. The minimum Gasteiger partial charge on any atom is -0.360 e. The van der Waals surface area contributed by atoms with Crippen LogP contribution in [0.5, 0.6) is 0 Å². The molecule has 0 aliphatic carbocycles. The number of hydrogen-bond acceptors (Lipinski definition) is 3. The second-order valence-corrected chi connectivity index (χ2v) is 4.18. The van der Waals surface area contributed by atoms with E-state index in [1.165, 1.54) is 0 Å². The normalized spacial score (nSPS) is 13.1. The van der Waals surface area contributed by atoms with E-state index >= 15 is 0 Å². The first-order valence-corrected chi connectivity index (χ1v) is 5.41. The fourth-order valence-corrected chi connectivity index (χ4v) is 2.12. The largest absolute Gasteiger partial charge is 0.360 e. The topological polar surface area (TPSA) is 38.4 Å². The van der Waals surface area contributed by atoms with Gasteiger partial charge in [-0.2, -0.15) is 0 Å². The molecule has 1 aliphatic rings. The van der Waals surface area contributed by atoms with Crippen LogP contribution in [0.4, 0.5) is 5.69 Å². The van der Waals surface area contributed by atoms with Crippen molar-refractivity contribution in [1.29, 1.82) is 0 Å². The van der Waals surface area contributed by atoms with Crippen molar-refractivity contribution in [3.63, 3.8) is 0 Å². The molecule has 0 radical (unpaired) electrons. The molecule has 3 rings (SSSR count). The van der Waals surface area contributed by atoms with Crippen molar-refractivity contribution in [3.05, 3.63) is 34.7 Å². The molecule has 0 saturated carbocycles. The average Bonchev–Trinajstić information content (AvgIpc) is 2.53. The third kappa shape index (κ3) is 1.36. The Morgan fingerprint density at radius 1 is 1.38 bits per heavy atom. The summed E-state index contributed by atoms with van der Waals surface area (Å²) in [7, 11) is 0. The predicted molar refractivity (Wildman–Crippen MR) is 63.5 cm³/mol. The first-order valence-electron chi connectivity index (χ1n) is 5.03. The molecule has 1 aliphatic heterocycles. The van der Waals surface area contributed by atoms with Crippen molar-refractivity contribution < 1.29 is 4.52 Å². The molecule has 0 atom stereocenters. The van der Waals surface area contributed by atoms with Crippen LogP contribution in [0.3, 0.4) is 0 Å². The van der Waals surface area contributed by atoms with E-state index in [9.17, 15) is 0 Å². The molecular weight excluding hydrogens is 224 g/mol. The number of fused-ring (bicyclic) bond motifs is 3. The van der Waals surface area contributed by atoms with Crippen molar-refractivity contribution in [3.8, 4) is 11.1 Å². The molecule has 1 aromatic carbocycles. The maximum Gasteiger partial charge on any atom is 0.150 e. The molecule has 0 N–H and O–H groups in total. The van der Waals surface area contributed by atoms with Crippen LogP contribution < -0.4 is 0 Å². The molecule has 2 aromatic rings. The van der Waals surface area contributed by atoms with Crippen molar-refractivity contribution in [1.82, 2.24) is 5.16 Å². The van der Waals surface area contributed by atoms with Crippen LogP contribution in [0.15, 0.2) is 27.7 Å². The number of aryl methyl sites for hydroxylation is 1. The summed E-state index contributed by atoms with van der Waals surface area (Å²) in [5.74, 6) is 0.863. The van der Waals surface area contributed by atoms with Crippen LogP contribution in [0, 0.1) is 6.92 Å². The van der Waals surface area contributed by atoms with Gasteiger partial charge >= 0.3 is 0 Å². The first kappa shape index (κ1) is 9.60. The third-order valence-corrected chi connectivity index (χ3v) is 2.90. The molecule has 0 fully saturated rings. The molecule has 1 aromatic heterocycles. The average molecular weight is 233 g/mol. The van der Waals surface area contributed by atoms with E-state index in [1.54, 1.807) is 0 Å². The van der Waals surface area contributed by atoms with E-state index in [-0.39, 0.29) is 0 Å². The summed E-state index contributed by atoms with van der Waals surface area (Å²) in [6.45, 7) is 1.94. The summed E-state index contributed by atoms with van der Waals surface area (Å²) < 4.78 is 5.28. The molecular formula is C12H9ClN2O. The van der Waals surface area contributed by atoms with Gasteiger partial charge in [0.05, 0.1) is 16.9 Å². The summed E-state index contributed by atoms with van der Waals surface area (Å²) in [6, 6.07) is 5.68. The van der Waals surface area contributed by atoms with Gasteiger partial charge in [-0.1, -0.05) is 22.8 Å². The van der Waals surface area contributed by atoms with Crippen LogP contribution >= 0.6 is 11.6 Å². The lowest BCUT2D eigenvalue weighted by Gasteiger charge is -2.03. The smallest absolute Gasteiger partial charge is 0.150 e. The van der Waals surface area contributed by atoms with E-state index in [1.807, 2.05) is 31.3 Å². The van der Waals surface area contributed by atoms with E-state index < -0.39 is 0 Å². The highest BCUT2D eigenvalue weighted by Crippen LogP contribution is 2.38. The number of benzene rings is 1. The Hall–Kier alpha value is -1.61. The Balaban J connectivity index is 2.34. The highest BCUT2D eigenvalue weighted by molar-refractivity contribution is 6.31. The Morgan fingerprint density at radius 2 is 2.25 bits per heavy atom. The number of aromatic nitrogens is 1. The molecule has 0 spiro atoms. The maximum atomic E-state index is 5.96. The zero-order valence-electron chi connectivity index (χ0n) is 8.70. The van der Waals surface area contributed by atoms with Crippen LogP contribution in [0.25, 0.3) is 11.1 Å². The minimum absolute atomic E-state index is 0.669. The van der Waals surface area contributed by atoms with Gasteiger partial charge in [0, 0.05) is 23.2 Å². The highest BCUT2D eigenvalue weighted by Gasteiger charge is 2.19. The number of aliphatic imine (C=N–C) groups is 1. The van der Waals surface area contributed by atoms with Crippen molar-refractivity contribution in [2.75, 3.05) is 0 Å². The Labute approximate surface area is 97.7 Å². The Bertz CT molecular complexity index is 587. The summed E-state index contributed by atoms with van der Waals surface area (Å²) in [5, 5.41) is 4.68. The van der Waals surface area contributed by atoms with Gasteiger partial charge in [-0.05, 0) is 19.1 Å². The zero-order valence-corrected chi connectivity index (χ0v) is 9.45. The second-order valence-electron chi connectivity index (χ2n) is 3.74. The number of rotatable bonds is 0. The van der Waals surface area contributed by atoms with E-state index in [0.29, 0.717) is 11.4 Å². The van der Waals surface area contributed by atoms with Crippen molar-refractivity contribution >= 4 is 23.5 Å². The molecule has 3 nitrogen and oxygen atoms in total. The number of nitrogens with zero attached hydrogens (tertiary/aromatic N) is 2. The van der Waals surface area contributed by atoms with E-state index in [0.717, 1.165) is 28.3 Å². The van der Waals surface area contributed by atoms with Gasteiger partial charge in [-0.25, -0.2) is 0 Å². The zero-order chi connectivity index (χ0) is 11.1. The lowest BCUT2D eigenvalue weighted by Crippen LogP contribution is -1.84. The molecule has 80 valence electrons. The first-order chi connectivity index (χ1) is 7.75. The summed E-state index contributed by atoms with van der Waals surface area (Å²) in [5.41, 5.74) is 3.85. The van der Waals surface area contributed by atoms with Gasteiger partial charge in [-0.3, -0.25) is 4.99 Å². The standard InChI is InChI=1S/C12H9ClN2O/c1-7-12-9-3-2-8(13)6-10(9)14-5-4-11(12)16-15-7/h2-3,5-6H,4H2,1H3. The molecule has 0 saturated heterocycles. The summed E-state index contributed by atoms with van der Waals surface area (Å²) >= 11 is 5.96. The lowest BCUT2D eigenvalue weighted by atomic mass is 10.0. The lowest BCUT2D eigenvalue weighted by molar-refractivity contribution is 0.389. The van der Waals surface area contributed by atoms with Crippen LogP contribution in [-0.4, -0.2) is 11.4 Å². The maximum absolute atomic E-state index is 5.96.